The lowest BCUT2D eigenvalue weighted by Crippen LogP contribution is -2.61. The van der Waals surface area contributed by atoms with E-state index in [1.807, 2.05) is 7.05 Å². The van der Waals surface area contributed by atoms with E-state index in [9.17, 15) is 14.4 Å². The Hall–Kier alpha value is -1.59. The Kier molecular flexibility index (Phi) is 10.7. The number of rotatable bonds is 13. The van der Waals surface area contributed by atoms with Crippen molar-refractivity contribution in [3.63, 3.8) is 0 Å². The highest BCUT2D eigenvalue weighted by Crippen LogP contribution is 2.66. The molecule has 3 saturated carbocycles. The van der Waals surface area contributed by atoms with Gasteiger partial charge in [-0.1, -0.05) is 52.4 Å². The Labute approximate surface area is 243 Å². The van der Waals surface area contributed by atoms with Gasteiger partial charge in [-0.15, -0.1) is 0 Å². The zero-order valence-corrected chi connectivity index (χ0v) is 26.2. The summed E-state index contributed by atoms with van der Waals surface area (Å²) in [6.07, 6.45) is 18.9. The monoisotopic (exact) mass is 559 g/mol. The van der Waals surface area contributed by atoms with Crippen LogP contribution < -0.4 is 0 Å². The number of methoxy groups -OCH3 is 1. The molecule has 4 fully saturated rings. The first kappa shape index (κ1) is 31.3. The number of likely N-dealkylation sites (tertiary alicyclic amines) is 1. The van der Waals surface area contributed by atoms with Gasteiger partial charge < -0.3 is 14.4 Å². The summed E-state index contributed by atoms with van der Waals surface area (Å²) in [4.78, 5) is 38.4. The number of amides is 1. The highest BCUT2D eigenvalue weighted by Gasteiger charge is 2.61. The van der Waals surface area contributed by atoms with Gasteiger partial charge >= 0.3 is 11.9 Å². The highest BCUT2D eigenvalue weighted by atomic mass is 16.5. The quantitative estimate of drug-likeness (QED) is 0.173. The molecular formula is C34H57NO5. The number of hydrogen-bond acceptors (Lipinski definition) is 5. The van der Waals surface area contributed by atoms with E-state index in [1.165, 1.54) is 52.1 Å². The molecule has 1 unspecified atom stereocenters. The number of ether oxygens (including phenoxy) is 2. The number of nitrogens with zero attached hydrogens (tertiary/aromatic N) is 1. The zero-order valence-electron chi connectivity index (χ0n) is 26.2. The van der Waals surface area contributed by atoms with E-state index in [4.69, 9.17) is 4.74 Å². The van der Waals surface area contributed by atoms with Crippen LogP contribution in [0.4, 0.5) is 0 Å². The van der Waals surface area contributed by atoms with E-state index in [2.05, 4.69) is 30.4 Å². The molecule has 0 aromatic carbocycles. The van der Waals surface area contributed by atoms with E-state index >= 15 is 0 Å². The Bertz CT molecular complexity index is 890. The Morgan fingerprint density at radius 3 is 2.08 bits per heavy atom. The van der Waals surface area contributed by atoms with Crippen LogP contribution in [0.1, 0.15) is 136 Å². The summed E-state index contributed by atoms with van der Waals surface area (Å²) >= 11 is 0. The molecule has 0 N–H and O–H groups in total. The molecule has 1 saturated heterocycles. The van der Waals surface area contributed by atoms with Crippen molar-refractivity contribution < 1.29 is 23.9 Å². The minimum Gasteiger partial charge on any atom is -0.469 e. The normalized spacial score (nSPS) is 35.9. The molecule has 3 aliphatic carbocycles. The van der Waals surface area contributed by atoms with Crippen LogP contribution >= 0.6 is 0 Å². The minimum absolute atomic E-state index is 0.00518. The van der Waals surface area contributed by atoms with Crippen LogP contribution in [0.15, 0.2) is 0 Å². The fraction of sp³-hybridized carbons (Fsp3) is 0.912. The van der Waals surface area contributed by atoms with Gasteiger partial charge in [-0.3, -0.25) is 14.4 Å². The molecule has 4 aliphatic rings. The predicted octanol–water partition coefficient (Wildman–Crippen LogP) is 7.47. The lowest BCUT2D eigenvalue weighted by atomic mass is 9.46. The van der Waals surface area contributed by atoms with E-state index < -0.39 is 0 Å². The second kappa shape index (κ2) is 13.6. The van der Waals surface area contributed by atoms with E-state index in [0.717, 1.165) is 69.1 Å². The van der Waals surface area contributed by atoms with Crippen molar-refractivity contribution in [3.05, 3.63) is 0 Å². The molecule has 0 radical (unpaired) electrons. The van der Waals surface area contributed by atoms with Gasteiger partial charge in [-0.05, 0) is 93.3 Å². The fourth-order valence-electron chi connectivity index (χ4n) is 10.0. The second-order valence-corrected chi connectivity index (χ2v) is 14.3. The lowest BCUT2D eigenvalue weighted by Gasteiger charge is -2.62. The first-order valence-electron chi connectivity index (χ1n) is 16.6. The van der Waals surface area contributed by atoms with Gasteiger partial charge in [0.25, 0.3) is 0 Å². The topological polar surface area (TPSA) is 72.9 Å². The standard InChI is InChI=1S/C34H57NO5/c1-24(40-32(38)15-13-11-9-7-6-8-10-12-14-31(37)39-5)26-17-18-27-25-16-19-29-34(3,23-21-30(36)35(29)4)28(25)20-22-33(26,27)2/h24-29H,6-23H2,1-5H3/t24?,25-,26+,27-,28-,29+,33+,34+/m0/s1. The van der Waals surface area contributed by atoms with Crippen LogP contribution in [-0.4, -0.2) is 49.0 Å². The summed E-state index contributed by atoms with van der Waals surface area (Å²) in [6, 6.07) is 0.412. The van der Waals surface area contributed by atoms with Crippen molar-refractivity contribution >= 4 is 17.8 Å². The zero-order chi connectivity index (χ0) is 28.9. The summed E-state index contributed by atoms with van der Waals surface area (Å²) in [5.41, 5.74) is 0.519. The number of carbonyl (C=O) groups is 3. The van der Waals surface area contributed by atoms with Crippen molar-refractivity contribution in [2.45, 2.75) is 148 Å². The molecule has 8 atom stereocenters. The fourth-order valence-corrected chi connectivity index (χ4v) is 10.0. The van der Waals surface area contributed by atoms with Crippen molar-refractivity contribution in [2.24, 2.45) is 34.5 Å². The SMILES string of the molecule is COC(=O)CCCCCCCCCCC(=O)OC(C)[C@H]1CC[C@H]2[C@@H]3CC[C@H]4N(C)C(=O)CC[C@]4(C)[C@H]3CC[C@]12C. The molecule has 0 spiro atoms. The number of carbonyl (C=O) groups excluding carboxylic acids is 3. The molecule has 6 nitrogen and oxygen atoms in total. The van der Waals surface area contributed by atoms with Crippen LogP contribution in [0.2, 0.25) is 0 Å². The van der Waals surface area contributed by atoms with Gasteiger partial charge in [0.15, 0.2) is 0 Å². The number of fused-ring (bicyclic) bond motifs is 5. The molecule has 40 heavy (non-hydrogen) atoms. The highest BCUT2D eigenvalue weighted by molar-refractivity contribution is 5.77. The van der Waals surface area contributed by atoms with Crippen molar-refractivity contribution in [3.8, 4) is 0 Å². The predicted molar refractivity (Wildman–Crippen MR) is 157 cm³/mol. The van der Waals surface area contributed by atoms with Crippen molar-refractivity contribution in [1.29, 1.82) is 0 Å². The second-order valence-electron chi connectivity index (χ2n) is 14.3. The van der Waals surface area contributed by atoms with Crippen LogP contribution in [-0.2, 0) is 23.9 Å². The summed E-state index contributed by atoms with van der Waals surface area (Å²) in [5.74, 6) is 2.86. The Morgan fingerprint density at radius 2 is 1.43 bits per heavy atom. The molecule has 6 heteroatoms. The number of unbranched alkanes of at least 4 members (excludes halogenated alkanes) is 7. The molecule has 1 amide bonds. The molecule has 1 heterocycles. The maximum Gasteiger partial charge on any atom is 0.306 e. The average molecular weight is 560 g/mol. The third kappa shape index (κ3) is 6.56. The maximum atomic E-state index is 12.8. The third-order valence-corrected chi connectivity index (χ3v) is 12.3. The van der Waals surface area contributed by atoms with Crippen LogP contribution in [0, 0.1) is 34.5 Å². The minimum atomic E-state index is -0.112. The third-order valence-electron chi connectivity index (χ3n) is 12.3. The number of piperidine rings is 1. The molecule has 228 valence electrons. The van der Waals surface area contributed by atoms with E-state index in [0.29, 0.717) is 37.1 Å². The molecule has 0 bridgehead atoms. The molecular weight excluding hydrogens is 502 g/mol. The van der Waals surface area contributed by atoms with Crippen molar-refractivity contribution in [2.75, 3.05) is 14.2 Å². The smallest absolute Gasteiger partial charge is 0.306 e. The largest absolute Gasteiger partial charge is 0.469 e. The van der Waals surface area contributed by atoms with Gasteiger partial charge in [-0.25, -0.2) is 0 Å². The average Bonchev–Trinajstić information content (AvgIpc) is 3.29. The van der Waals surface area contributed by atoms with E-state index in [-0.39, 0.29) is 28.9 Å². The lowest BCUT2D eigenvalue weighted by molar-refractivity contribution is -0.164. The summed E-state index contributed by atoms with van der Waals surface area (Å²) in [5, 5.41) is 0. The van der Waals surface area contributed by atoms with Gasteiger partial charge in [0, 0.05) is 38.3 Å². The maximum absolute atomic E-state index is 12.8. The Morgan fingerprint density at radius 1 is 0.825 bits per heavy atom. The van der Waals surface area contributed by atoms with Gasteiger partial charge in [-0.2, -0.15) is 0 Å². The number of esters is 2. The first-order valence-corrected chi connectivity index (χ1v) is 16.6. The first-order chi connectivity index (χ1) is 19.1. The van der Waals surface area contributed by atoms with Gasteiger partial charge in [0.05, 0.1) is 7.11 Å². The van der Waals surface area contributed by atoms with Crippen molar-refractivity contribution in [1.82, 2.24) is 4.90 Å². The van der Waals surface area contributed by atoms with Crippen LogP contribution in [0.25, 0.3) is 0 Å². The summed E-state index contributed by atoms with van der Waals surface area (Å²) < 4.78 is 10.8. The molecule has 1 aliphatic heterocycles. The summed E-state index contributed by atoms with van der Waals surface area (Å²) in [7, 11) is 3.48. The Balaban J connectivity index is 1.17. The van der Waals surface area contributed by atoms with Gasteiger partial charge in [0.2, 0.25) is 5.91 Å². The number of hydrogen-bond donors (Lipinski definition) is 0. The summed E-state index contributed by atoms with van der Waals surface area (Å²) in [6.45, 7) is 7.16. The molecule has 0 aromatic heterocycles. The molecule has 0 aromatic rings. The van der Waals surface area contributed by atoms with Gasteiger partial charge in [0.1, 0.15) is 6.10 Å². The molecule has 4 rings (SSSR count). The van der Waals surface area contributed by atoms with E-state index in [1.54, 1.807) is 0 Å². The van der Waals surface area contributed by atoms with Crippen LogP contribution in [0.5, 0.6) is 0 Å². The van der Waals surface area contributed by atoms with Crippen LogP contribution in [0.3, 0.4) is 0 Å².